The van der Waals surface area contributed by atoms with E-state index in [1.165, 1.54) is 12.5 Å². The molecule has 0 N–H and O–H groups in total. The lowest BCUT2D eigenvalue weighted by molar-refractivity contribution is 0.100. The Kier molecular flexibility index (Phi) is 5.87. The van der Waals surface area contributed by atoms with E-state index in [2.05, 4.69) is 21.2 Å². The van der Waals surface area contributed by atoms with Gasteiger partial charge >= 0.3 is 0 Å². The van der Waals surface area contributed by atoms with E-state index in [-0.39, 0.29) is 5.56 Å². The number of rotatable bonds is 3. The fourth-order valence-corrected chi connectivity index (χ4v) is 3.64. The second-order valence-corrected chi connectivity index (χ2v) is 8.18. The van der Waals surface area contributed by atoms with Gasteiger partial charge in [0, 0.05) is 29.1 Å². The standard InChI is InChI=1S/C22H18N2O3S/c1-27-21-11-7-6-8-18(21)13-12-17-14-19(16-23-15-17)22(25)24-28(2,26)20-9-4-3-5-10-20/h3-11,14-16H,1-2H3. The van der Waals surface area contributed by atoms with E-state index in [1.54, 1.807) is 43.6 Å². The van der Waals surface area contributed by atoms with Gasteiger partial charge in [0.05, 0.1) is 28.0 Å². The van der Waals surface area contributed by atoms with Gasteiger partial charge in [0.25, 0.3) is 5.91 Å². The van der Waals surface area contributed by atoms with E-state index in [1.807, 2.05) is 30.3 Å². The summed E-state index contributed by atoms with van der Waals surface area (Å²) in [5, 5.41) is 0. The number of methoxy groups -OCH3 is 1. The summed E-state index contributed by atoms with van der Waals surface area (Å²) >= 11 is 0. The van der Waals surface area contributed by atoms with Crippen molar-refractivity contribution in [3.63, 3.8) is 0 Å². The van der Waals surface area contributed by atoms with Crippen molar-refractivity contribution in [1.82, 2.24) is 4.98 Å². The molecule has 3 aromatic rings. The Bertz CT molecular complexity index is 1180. The van der Waals surface area contributed by atoms with Crippen LogP contribution in [-0.4, -0.2) is 28.5 Å². The van der Waals surface area contributed by atoms with Crippen LogP contribution in [0.3, 0.4) is 0 Å². The first-order valence-corrected chi connectivity index (χ1v) is 10.3. The second-order valence-electron chi connectivity index (χ2n) is 5.92. The van der Waals surface area contributed by atoms with Gasteiger partial charge < -0.3 is 4.74 Å². The summed E-state index contributed by atoms with van der Waals surface area (Å²) in [5.41, 5.74) is 1.51. The fraction of sp³-hybridized carbons (Fsp3) is 0.0909. The molecule has 0 saturated carbocycles. The summed E-state index contributed by atoms with van der Waals surface area (Å²) in [6, 6.07) is 17.7. The third kappa shape index (κ3) is 4.64. The van der Waals surface area contributed by atoms with E-state index in [4.69, 9.17) is 4.74 Å². The van der Waals surface area contributed by atoms with E-state index in [0.29, 0.717) is 16.2 Å². The molecule has 1 atom stereocenters. The van der Waals surface area contributed by atoms with Gasteiger partial charge in [0.1, 0.15) is 5.75 Å². The Labute approximate surface area is 164 Å². The second kappa shape index (κ2) is 8.51. The molecule has 0 bridgehead atoms. The minimum absolute atomic E-state index is 0.234. The lowest BCUT2D eigenvalue weighted by atomic mass is 10.1. The summed E-state index contributed by atoms with van der Waals surface area (Å²) in [4.78, 5) is 17.1. The average Bonchev–Trinajstić information content (AvgIpc) is 2.73. The molecule has 5 nitrogen and oxygen atoms in total. The Balaban J connectivity index is 1.90. The van der Waals surface area contributed by atoms with Crippen molar-refractivity contribution in [3.8, 4) is 17.6 Å². The number of pyridine rings is 1. The van der Waals surface area contributed by atoms with Gasteiger partial charge in [0.15, 0.2) is 0 Å². The van der Waals surface area contributed by atoms with Gasteiger partial charge in [0.2, 0.25) is 0 Å². The maximum atomic E-state index is 12.8. The van der Waals surface area contributed by atoms with Crippen LogP contribution in [0.15, 0.2) is 82.3 Å². The van der Waals surface area contributed by atoms with Gasteiger partial charge in [-0.3, -0.25) is 9.78 Å². The minimum Gasteiger partial charge on any atom is -0.495 e. The molecule has 0 fully saturated rings. The van der Waals surface area contributed by atoms with Crippen LogP contribution in [0.4, 0.5) is 0 Å². The van der Waals surface area contributed by atoms with Crippen LogP contribution < -0.4 is 4.74 Å². The van der Waals surface area contributed by atoms with Gasteiger partial charge in [-0.05, 0) is 30.3 Å². The monoisotopic (exact) mass is 390 g/mol. The highest BCUT2D eigenvalue weighted by Gasteiger charge is 2.11. The number of ether oxygens (including phenoxy) is 1. The van der Waals surface area contributed by atoms with Crippen molar-refractivity contribution >= 4 is 15.6 Å². The number of hydrogen-bond donors (Lipinski definition) is 0. The quantitative estimate of drug-likeness (QED) is 0.638. The first-order valence-electron chi connectivity index (χ1n) is 8.41. The predicted octanol–water partition coefficient (Wildman–Crippen LogP) is 3.79. The van der Waals surface area contributed by atoms with Crippen LogP contribution in [0.5, 0.6) is 5.75 Å². The van der Waals surface area contributed by atoms with Crippen LogP contribution in [0.25, 0.3) is 0 Å². The number of aromatic nitrogens is 1. The smallest absolute Gasteiger partial charge is 0.286 e. The van der Waals surface area contributed by atoms with Crippen LogP contribution in [0.2, 0.25) is 0 Å². The van der Waals surface area contributed by atoms with Crippen LogP contribution in [0, 0.1) is 11.8 Å². The highest BCUT2D eigenvalue weighted by Crippen LogP contribution is 2.16. The summed E-state index contributed by atoms with van der Waals surface area (Å²) < 4.78 is 22.0. The highest BCUT2D eigenvalue weighted by atomic mass is 32.2. The van der Waals surface area contributed by atoms with E-state index < -0.39 is 15.6 Å². The Morgan fingerprint density at radius 3 is 2.50 bits per heavy atom. The Morgan fingerprint density at radius 1 is 1.04 bits per heavy atom. The van der Waals surface area contributed by atoms with Gasteiger partial charge in [-0.25, -0.2) is 4.21 Å². The molecule has 1 amide bonds. The van der Waals surface area contributed by atoms with Crippen molar-refractivity contribution in [3.05, 3.63) is 89.7 Å². The topological polar surface area (TPSA) is 68.6 Å². The minimum atomic E-state index is -2.84. The zero-order chi connectivity index (χ0) is 20.0. The van der Waals surface area contributed by atoms with Crippen LogP contribution in [0.1, 0.15) is 21.5 Å². The fourth-order valence-electron chi connectivity index (χ4n) is 2.45. The van der Waals surface area contributed by atoms with Crippen molar-refractivity contribution in [2.45, 2.75) is 4.90 Å². The molecule has 0 radical (unpaired) electrons. The van der Waals surface area contributed by atoms with Crippen LogP contribution >= 0.6 is 0 Å². The molecule has 1 heterocycles. The third-order valence-corrected chi connectivity index (χ3v) is 5.53. The molecule has 0 aliphatic heterocycles. The lowest BCUT2D eigenvalue weighted by Crippen LogP contribution is -2.04. The van der Waals surface area contributed by atoms with Gasteiger partial charge in [-0.15, -0.1) is 0 Å². The van der Waals surface area contributed by atoms with Gasteiger partial charge in [-0.1, -0.05) is 42.2 Å². The molecule has 6 heteroatoms. The molecule has 1 aromatic heterocycles. The molecule has 140 valence electrons. The first kappa shape index (κ1) is 19.3. The zero-order valence-electron chi connectivity index (χ0n) is 15.5. The molecule has 1 unspecified atom stereocenters. The Hall–Kier alpha value is -3.43. The number of nitrogens with zero attached hydrogens (tertiary/aromatic N) is 2. The van der Waals surface area contributed by atoms with E-state index in [0.717, 1.165) is 5.56 Å². The number of benzene rings is 2. The lowest BCUT2D eigenvalue weighted by Gasteiger charge is -2.03. The normalized spacial score (nSPS) is 12.2. The SMILES string of the molecule is COc1ccccc1C#Cc1cncc(C(=O)N=S(C)(=O)c2ccccc2)c1. The molecule has 0 spiro atoms. The number of amides is 1. The molecule has 2 aromatic carbocycles. The highest BCUT2D eigenvalue weighted by molar-refractivity contribution is 7.93. The summed E-state index contributed by atoms with van der Waals surface area (Å²) in [6.45, 7) is 0. The van der Waals surface area contributed by atoms with Crippen molar-refractivity contribution < 1.29 is 13.7 Å². The maximum absolute atomic E-state index is 12.8. The maximum Gasteiger partial charge on any atom is 0.286 e. The molecule has 3 rings (SSSR count). The molecule has 0 aliphatic rings. The third-order valence-electron chi connectivity index (χ3n) is 3.87. The zero-order valence-corrected chi connectivity index (χ0v) is 16.3. The molecule has 0 saturated heterocycles. The number of hydrogen-bond acceptors (Lipinski definition) is 4. The van der Waals surface area contributed by atoms with E-state index >= 15 is 0 Å². The van der Waals surface area contributed by atoms with E-state index in [9.17, 15) is 9.00 Å². The largest absolute Gasteiger partial charge is 0.495 e. The number of carbonyl (C=O) groups excluding carboxylic acids is 1. The Morgan fingerprint density at radius 2 is 1.75 bits per heavy atom. The summed E-state index contributed by atoms with van der Waals surface area (Å²) in [5.74, 6) is 6.05. The molecular formula is C22H18N2O3S. The number of para-hydroxylation sites is 1. The average molecular weight is 390 g/mol. The summed E-state index contributed by atoms with van der Waals surface area (Å²) in [7, 11) is -1.26. The van der Waals surface area contributed by atoms with Gasteiger partial charge in [-0.2, -0.15) is 4.36 Å². The first-order chi connectivity index (χ1) is 13.5. The van der Waals surface area contributed by atoms with Crippen molar-refractivity contribution in [2.75, 3.05) is 13.4 Å². The molecule has 0 aliphatic carbocycles. The molecule has 28 heavy (non-hydrogen) atoms. The number of carbonyl (C=O) groups is 1. The summed E-state index contributed by atoms with van der Waals surface area (Å²) in [6.07, 6.45) is 4.39. The predicted molar refractivity (Wildman–Crippen MR) is 109 cm³/mol. The molecular weight excluding hydrogens is 372 g/mol. The van der Waals surface area contributed by atoms with Crippen molar-refractivity contribution in [2.24, 2.45) is 4.36 Å². The van der Waals surface area contributed by atoms with Crippen LogP contribution in [-0.2, 0) is 9.73 Å². The van der Waals surface area contributed by atoms with Crippen molar-refractivity contribution in [1.29, 1.82) is 0 Å².